The van der Waals surface area contributed by atoms with E-state index in [-0.39, 0.29) is 35.3 Å². The third kappa shape index (κ3) is 3.81. The van der Waals surface area contributed by atoms with Crippen molar-refractivity contribution in [2.45, 2.75) is 13.5 Å². The molecule has 1 fully saturated rings. The van der Waals surface area contributed by atoms with Gasteiger partial charge in [0.05, 0.1) is 19.4 Å². The number of nitrogens with zero attached hydrogens (tertiary/aromatic N) is 3. The molecule has 1 N–H and O–H groups in total. The van der Waals surface area contributed by atoms with Crippen molar-refractivity contribution in [3.05, 3.63) is 42.6 Å². The molecule has 8 heteroatoms. The fraction of sp³-hybridized carbons (Fsp3) is 0.316. The first-order valence-corrected chi connectivity index (χ1v) is 8.69. The summed E-state index contributed by atoms with van der Waals surface area (Å²) >= 11 is 0. The Morgan fingerprint density at radius 2 is 1.96 bits per heavy atom. The van der Waals surface area contributed by atoms with Gasteiger partial charge in [-0.15, -0.1) is 0 Å². The third-order valence-electron chi connectivity index (χ3n) is 4.62. The van der Waals surface area contributed by atoms with Gasteiger partial charge in [-0.05, 0) is 18.2 Å². The second-order valence-corrected chi connectivity index (χ2v) is 6.39. The highest BCUT2D eigenvalue weighted by molar-refractivity contribution is 5.91. The number of fused-ring (bicyclic) bond motifs is 3. The molecule has 4 rings (SSSR count). The Kier molecular flexibility index (Phi) is 5.76. The molecule has 0 radical (unpaired) electrons. The molecule has 0 aliphatic carbocycles. The van der Waals surface area contributed by atoms with Crippen LogP contribution in [0, 0.1) is 0 Å². The lowest BCUT2D eigenvalue weighted by atomic mass is 10.2. The number of aromatic nitrogens is 2. The van der Waals surface area contributed by atoms with Crippen LogP contribution in [0.4, 0.5) is 5.69 Å². The zero-order chi connectivity index (χ0) is 18.1. The Morgan fingerprint density at radius 1 is 1.19 bits per heavy atom. The van der Waals surface area contributed by atoms with E-state index < -0.39 is 0 Å². The summed E-state index contributed by atoms with van der Waals surface area (Å²) in [5.74, 6) is -0.0249. The molecular weight excluding hydrogens is 412 g/mol. The summed E-state index contributed by atoms with van der Waals surface area (Å²) in [4.78, 5) is 26.0. The number of benzene rings is 1. The van der Waals surface area contributed by atoms with E-state index in [9.17, 15) is 9.59 Å². The molecule has 0 spiro atoms. The van der Waals surface area contributed by atoms with E-state index in [1.807, 2.05) is 56.5 Å². The van der Waals surface area contributed by atoms with Crippen LogP contribution >= 0.6 is 0 Å². The van der Waals surface area contributed by atoms with E-state index in [0.717, 1.165) is 22.4 Å². The Hall–Kier alpha value is -2.45. The molecule has 1 saturated heterocycles. The number of anilines is 1. The van der Waals surface area contributed by atoms with Crippen molar-refractivity contribution in [3.63, 3.8) is 0 Å². The highest BCUT2D eigenvalue weighted by atomic mass is 79.9. The van der Waals surface area contributed by atoms with Gasteiger partial charge >= 0.3 is 0 Å². The van der Waals surface area contributed by atoms with Crippen LogP contribution in [0.25, 0.3) is 16.7 Å². The van der Waals surface area contributed by atoms with Crippen molar-refractivity contribution in [1.29, 1.82) is 0 Å². The van der Waals surface area contributed by atoms with E-state index in [4.69, 9.17) is 4.74 Å². The Labute approximate surface area is 167 Å². The highest BCUT2D eigenvalue weighted by Gasteiger charge is 2.24. The molecule has 27 heavy (non-hydrogen) atoms. The summed E-state index contributed by atoms with van der Waals surface area (Å²) in [6, 6.07) is 11.6. The first-order chi connectivity index (χ1) is 12.6. The number of pyridine rings is 1. The fourth-order valence-electron chi connectivity index (χ4n) is 3.42. The first-order valence-electron chi connectivity index (χ1n) is 8.69. The minimum absolute atomic E-state index is 0. The van der Waals surface area contributed by atoms with Gasteiger partial charge in [-0.1, -0.05) is 6.07 Å². The van der Waals surface area contributed by atoms with Gasteiger partial charge in [-0.25, -0.2) is 4.57 Å². The van der Waals surface area contributed by atoms with Crippen molar-refractivity contribution in [2.75, 3.05) is 31.6 Å². The predicted molar refractivity (Wildman–Crippen MR) is 96.8 cm³/mol. The number of carbonyl (C=O) groups excluding carboxylic acids is 2. The van der Waals surface area contributed by atoms with Crippen LogP contribution in [0.15, 0.2) is 42.6 Å². The normalized spacial score (nSPS) is 14.2. The first kappa shape index (κ1) is 19.3. The fourth-order valence-corrected chi connectivity index (χ4v) is 3.42. The molecule has 0 unspecified atom stereocenters. The smallest absolute Gasteiger partial charge is 0.287 e. The van der Waals surface area contributed by atoms with Gasteiger partial charge in [-0.3, -0.25) is 9.59 Å². The summed E-state index contributed by atoms with van der Waals surface area (Å²) in [6.07, 6.45) is 1.96. The van der Waals surface area contributed by atoms with Crippen molar-refractivity contribution >= 4 is 34.2 Å². The standard InChI is InChI=1S/C19H20N4O3.BrH/c1-14(24)20-15-5-6-16-17(12-15)22-7-3-2-4-18(22)23(16)13-19(25)21-8-10-26-11-9-21;/h2-7,12H,8-11,13H2,1H3;1H. The van der Waals surface area contributed by atoms with Crippen LogP contribution in [0.2, 0.25) is 0 Å². The average Bonchev–Trinajstić information content (AvgIpc) is 2.95. The van der Waals surface area contributed by atoms with E-state index in [1.54, 1.807) is 0 Å². The SMILES string of the molecule is CC(=O)Nc1ccc2c(c1)n1ccccc1[n+]2CC(=O)N1CCOCC1.[Br-]. The minimum atomic E-state index is -0.111. The second-order valence-electron chi connectivity index (χ2n) is 6.39. The van der Waals surface area contributed by atoms with Crippen molar-refractivity contribution in [1.82, 2.24) is 9.30 Å². The van der Waals surface area contributed by atoms with Gasteiger partial charge in [0.2, 0.25) is 5.91 Å². The van der Waals surface area contributed by atoms with Gasteiger partial charge in [-0.2, -0.15) is 4.40 Å². The lowest BCUT2D eigenvalue weighted by molar-refractivity contribution is -0.633. The predicted octanol–water partition coefficient (Wildman–Crippen LogP) is -1.80. The lowest BCUT2D eigenvalue weighted by Crippen LogP contribution is -3.00. The highest BCUT2D eigenvalue weighted by Crippen LogP contribution is 2.20. The minimum Gasteiger partial charge on any atom is -1.00 e. The molecule has 142 valence electrons. The topological polar surface area (TPSA) is 66.9 Å². The molecule has 2 aromatic heterocycles. The number of ether oxygens (including phenoxy) is 1. The van der Waals surface area contributed by atoms with Gasteiger partial charge in [0.1, 0.15) is 0 Å². The number of amides is 2. The van der Waals surface area contributed by atoms with Crippen molar-refractivity contribution < 1.29 is 35.9 Å². The van der Waals surface area contributed by atoms with Crippen molar-refractivity contribution in [3.8, 4) is 0 Å². The van der Waals surface area contributed by atoms with Crippen LogP contribution in [-0.4, -0.2) is 47.4 Å². The van der Waals surface area contributed by atoms with E-state index >= 15 is 0 Å². The molecule has 3 heterocycles. The lowest BCUT2D eigenvalue weighted by Gasteiger charge is -2.26. The molecule has 3 aromatic rings. The third-order valence-corrected chi connectivity index (χ3v) is 4.62. The van der Waals surface area contributed by atoms with Gasteiger partial charge < -0.3 is 31.9 Å². The number of imidazole rings is 1. The number of halogens is 1. The number of carbonyl (C=O) groups is 2. The Morgan fingerprint density at radius 3 is 2.70 bits per heavy atom. The van der Waals surface area contributed by atoms with E-state index in [2.05, 4.69) is 5.32 Å². The van der Waals surface area contributed by atoms with E-state index in [0.29, 0.717) is 26.3 Å². The molecule has 0 bridgehead atoms. The second kappa shape index (κ2) is 8.06. The monoisotopic (exact) mass is 432 g/mol. The zero-order valence-electron chi connectivity index (χ0n) is 15.0. The Bertz CT molecular complexity index is 995. The number of nitrogens with one attached hydrogen (secondary N) is 1. The summed E-state index contributed by atoms with van der Waals surface area (Å²) in [6.45, 7) is 4.21. The van der Waals surface area contributed by atoms with E-state index in [1.165, 1.54) is 6.92 Å². The van der Waals surface area contributed by atoms with Crippen LogP contribution in [-0.2, 0) is 20.9 Å². The molecule has 1 aliphatic rings. The summed E-state index contributed by atoms with van der Waals surface area (Å²) in [7, 11) is 0. The van der Waals surface area contributed by atoms with Crippen LogP contribution in [0.3, 0.4) is 0 Å². The summed E-state index contributed by atoms with van der Waals surface area (Å²) in [5, 5.41) is 2.81. The number of hydrogen-bond donors (Lipinski definition) is 1. The molecule has 1 aliphatic heterocycles. The largest absolute Gasteiger partial charge is 1.00 e. The van der Waals surface area contributed by atoms with Crippen LogP contribution in [0.5, 0.6) is 0 Å². The van der Waals surface area contributed by atoms with Crippen LogP contribution in [0.1, 0.15) is 6.92 Å². The Balaban J connectivity index is 0.00000210. The molecular formula is C19H21BrN4O3. The molecule has 1 aromatic carbocycles. The molecule has 0 atom stereocenters. The maximum atomic E-state index is 12.7. The molecule has 0 saturated carbocycles. The van der Waals surface area contributed by atoms with Gasteiger partial charge in [0.15, 0.2) is 17.6 Å². The number of hydrogen-bond acceptors (Lipinski definition) is 3. The molecule has 2 amide bonds. The molecule has 7 nitrogen and oxygen atoms in total. The number of morpholine rings is 1. The van der Waals surface area contributed by atoms with Gasteiger partial charge in [0, 0.05) is 37.8 Å². The quantitative estimate of drug-likeness (QED) is 0.496. The zero-order valence-corrected chi connectivity index (χ0v) is 16.6. The van der Waals surface area contributed by atoms with Gasteiger partial charge in [0.25, 0.3) is 11.6 Å². The average molecular weight is 433 g/mol. The maximum absolute atomic E-state index is 12.7. The summed E-state index contributed by atoms with van der Waals surface area (Å²) in [5.41, 5.74) is 3.57. The summed E-state index contributed by atoms with van der Waals surface area (Å²) < 4.78 is 9.38. The van der Waals surface area contributed by atoms with Crippen molar-refractivity contribution in [2.24, 2.45) is 0 Å². The maximum Gasteiger partial charge on any atom is 0.287 e. The number of rotatable bonds is 3. The van der Waals surface area contributed by atoms with Crippen LogP contribution < -0.4 is 26.9 Å².